The Bertz CT molecular complexity index is 680. The van der Waals surface area contributed by atoms with Crippen LogP contribution in [-0.2, 0) is 11.9 Å². The molecule has 0 saturated carbocycles. The lowest BCUT2D eigenvalue weighted by molar-refractivity contribution is -0.0866. The van der Waals surface area contributed by atoms with Gasteiger partial charge in [0.25, 0.3) is 0 Å². The average Bonchev–Trinajstić information content (AvgIpc) is 2.62. The molecule has 0 N–H and O–H groups in total. The lowest BCUT2D eigenvalue weighted by Gasteiger charge is -2.07. The van der Waals surface area contributed by atoms with E-state index < -0.39 is 28.0 Å². The Kier molecular flexibility index (Phi) is 2.67. The summed E-state index contributed by atoms with van der Waals surface area (Å²) in [5.74, 6) is -0.608. The molecule has 1 aromatic carbocycles. The molecule has 1 aliphatic rings. The second-order valence-electron chi connectivity index (χ2n) is 4.31. The quantitative estimate of drug-likeness (QED) is 0.467. The molecular weight excluding hydrogens is 283 g/mol. The summed E-state index contributed by atoms with van der Waals surface area (Å²) in [6, 6.07) is 3.23. The highest BCUT2D eigenvalue weighted by atomic mass is 32.2. The minimum atomic E-state index is -4.43. The second kappa shape index (κ2) is 4.03. The van der Waals surface area contributed by atoms with Gasteiger partial charge in [0.15, 0.2) is 9.58 Å². The van der Waals surface area contributed by atoms with E-state index in [4.69, 9.17) is 0 Å². The van der Waals surface area contributed by atoms with Crippen molar-refractivity contribution in [1.29, 1.82) is 0 Å². The standard InChI is InChI=1S/C13H8F5S/c14-7-1-3-11-9(5-7)10-6-8(15)2-4-12(10)19(11)13(16,17)18/h1-5,8H,6H2/q+1. The van der Waals surface area contributed by atoms with Gasteiger partial charge in [-0.2, -0.15) is 0 Å². The molecule has 1 aromatic heterocycles. The fourth-order valence-electron chi connectivity index (χ4n) is 2.37. The first-order valence-electron chi connectivity index (χ1n) is 5.54. The number of thiophene rings is 1. The highest BCUT2D eigenvalue weighted by Crippen LogP contribution is 2.54. The summed E-state index contributed by atoms with van der Waals surface area (Å²) in [7, 11) is -2.10. The van der Waals surface area contributed by atoms with Crippen LogP contribution >= 0.6 is 10.5 Å². The zero-order chi connectivity index (χ0) is 13.8. The number of halogens is 5. The molecule has 0 saturated heterocycles. The molecule has 3 rings (SSSR count). The van der Waals surface area contributed by atoms with Gasteiger partial charge in [-0.1, -0.05) is 0 Å². The Balaban J connectivity index is 2.41. The summed E-state index contributed by atoms with van der Waals surface area (Å²) in [4.78, 5) is 0.0713. The van der Waals surface area contributed by atoms with E-state index in [-0.39, 0.29) is 26.9 Å². The van der Waals surface area contributed by atoms with Crippen molar-refractivity contribution in [2.45, 2.75) is 18.1 Å². The topological polar surface area (TPSA) is 0 Å². The van der Waals surface area contributed by atoms with Crippen molar-refractivity contribution in [2.24, 2.45) is 0 Å². The Morgan fingerprint density at radius 2 is 1.95 bits per heavy atom. The van der Waals surface area contributed by atoms with Crippen molar-refractivity contribution in [3.63, 3.8) is 0 Å². The monoisotopic (exact) mass is 291 g/mol. The fraction of sp³-hybridized carbons (Fsp3) is 0.231. The maximum absolute atomic E-state index is 13.3. The summed E-state index contributed by atoms with van der Waals surface area (Å²) in [6.45, 7) is 0. The smallest absolute Gasteiger partial charge is 0.243 e. The van der Waals surface area contributed by atoms with E-state index in [1.54, 1.807) is 0 Å². The van der Waals surface area contributed by atoms with Gasteiger partial charge in [-0.05, 0) is 24.3 Å². The molecule has 100 valence electrons. The summed E-state index contributed by atoms with van der Waals surface area (Å²) in [5, 5.41) is 0.197. The normalized spacial score (nSPS) is 19.8. The highest BCUT2D eigenvalue weighted by molar-refractivity contribution is 7.39. The van der Waals surface area contributed by atoms with Crippen LogP contribution in [0.3, 0.4) is 0 Å². The number of rotatable bonds is 0. The van der Waals surface area contributed by atoms with Crippen LogP contribution in [0.1, 0.15) is 10.4 Å². The number of hydrogen-bond donors (Lipinski definition) is 0. The van der Waals surface area contributed by atoms with Crippen LogP contribution in [-0.4, -0.2) is 6.17 Å². The number of alkyl halides is 4. The number of allylic oxidation sites excluding steroid dienone is 1. The minimum absolute atomic E-state index is 0.0395. The third-order valence-corrected chi connectivity index (χ3v) is 5.17. The maximum atomic E-state index is 13.3. The Labute approximate surface area is 108 Å². The van der Waals surface area contributed by atoms with Crippen LogP contribution in [0.25, 0.3) is 16.2 Å². The first-order valence-corrected chi connectivity index (χ1v) is 6.77. The molecule has 2 atom stereocenters. The Morgan fingerprint density at radius 3 is 2.63 bits per heavy atom. The third kappa shape index (κ3) is 1.94. The summed E-state index contributed by atoms with van der Waals surface area (Å²) >= 11 is 0. The third-order valence-electron chi connectivity index (χ3n) is 3.09. The largest absolute Gasteiger partial charge is 0.601 e. The molecule has 0 radical (unpaired) electrons. The Hall–Kier alpha value is -1.43. The van der Waals surface area contributed by atoms with Crippen molar-refractivity contribution in [1.82, 2.24) is 0 Å². The van der Waals surface area contributed by atoms with Gasteiger partial charge in [0.2, 0.25) is 0 Å². The fourth-order valence-corrected chi connectivity index (χ4v) is 4.37. The SMILES string of the molecule is Fc1ccc2c(c1)c1c([s+]2C(F)(F)F)C=CC(F)C1. The van der Waals surface area contributed by atoms with Gasteiger partial charge in [-0.25, -0.2) is 8.78 Å². The van der Waals surface area contributed by atoms with Gasteiger partial charge in [0, 0.05) is 23.4 Å². The molecule has 1 aliphatic carbocycles. The van der Waals surface area contributed by atoms with Gasteiger partial charge in [0.05, 0.1) is 0 Å². The molecule has 0 amide bonds. The van der Waals surface area contributed by atoms with Crippen molar-refractivity contribution in [3.8, 4) is 0 Å². The van der Waals surface area contributed by atoms with Crippen LogP contribution in [0.15, 0.2) is 24.3 Å². The Morgan fingerprint density at radius 1 is 1.21 bits per heavy atom. The van der Waals surface area contributed by atoms with Gasteiger partial charge >= 0.3 is 5.51 Å². The van der Waals surface area contributed by atoms with Crippen LogP contribution < -0.4 is 0 Å². The molecule has 2 unspecified atom stereocenters. The number of hydrogen-bond acceptors (Lipinski definition) is 0. The molecule has 1 heterocycles. The average molecular weight is 291 g/mol. The summed E-state index contributed by atoms with van der Waals surface area (Å²) in [6.07, 6.45) is 0.888. The molecule has 6 heteroatoms. The lowest BCUT2D eigenvalue weighted by Crippen LogP contribution is -2.06. The van der Waals surface area contributed by atoms with E-state index in [0.29, 0.717) is 0 Å². The highest BCUT2D eigenvalue weighted by Gasteiger charge is 2.49. The summed E-state index contributed by atoms with van der Waals surface area (Å²) < 4.78 is 66.1. The molecule has 0 aliphatic heterocycles. The molecular formula is C13H8F5S+. The predicted octanol–water partition coefficient (Wildman–Crippen LogP) is 5.11. The summed E-state index contributed by atoms with van der Waals surface area (Å²) in [5.41, 5.74) is -4.15. The number of fused-ring (bicyclic) bond motifs is 3. The molecule has 0 nitrogen and oxygen atoms in total. The van der Waals surface area contributed by atoms with Gasteiger partial charge in [0.1, 0.15) is 22.5 Å². The van der Waals surface area contributed by atoms with Gasteiger partial charge in [-0.3, -0.25) is 0 Å². The van der Waals surface area contributed by atoms with E-state index in [9.17, 15) is 22.0 Å². The van der Waals surface area contributed by atoms with Gasteiger partial charge in [-0.15, -0.1) is 13.2 Å². The van der Waals surface area contributed by atoms with Crippen LogP contribution in [0.5, 0.6) is 0 Å². The first kappa shape index (κ1) is 12.6. The zero-order valence-corrected chi connectivity index (χ0v) is 10.3. The molecule has 0 bridgehead atoms. The van der Waals surface area contributed by atoms with Crippen LogP contribution in [0.2, 0.25) is 0 Å². The second-order valence-corrected chi connectivity index (χ2v) is 6.27. The van der Waals surface area contributed by atoms with E-state index in [1.807, 2.05) is 0 Å². The molecule has 0 spiro atoms. The molecule has 2 aromatic rings. The van der Waals surface area contributed by atoms with E-state index in [1.165, 1.54) is 6.08 Å². The zero-order valence-electron chi connectivity index (χ0n) is 9.47. The van der Waals surface area contributed by atoms with Crippen molar-refractivity contribution in [2.75, 3.05) is 0 Å². The van der Waals surface area contributed by atoms with Crippen molar-refractivity contribution < 1.29 is 22.0 Å². The minimum Gasteiger partial charge on any atom is -0.243 e. The number of benzene rings is 1. The van der Waals surface area contributed by atoms with Crippen LogP contribution in [0.4, 0.5) is 22.0 Å². The van der Waals surface area contributed by atoms with Crippen LogP contribution in [0, 0.1) is 5.82 Å². The molecule has 0 fully saturated rings. The van der Waals surface area contributed by atoms with Crippen molar-refractivity contribution >= 4 is 26.6 Å². The van der Waals surface area contributed by atoms with Crippen molar-refractivity contribution in [3.05, 3.63) is 40.5 Å². The lowest BCUT2D eigenvalue weighted by atomic mass is 10.00. The van der Waals surface area contributed by atoms with Gasteiger partial charge < -0.3 is 0 Å². The maximum Gasteiger partial charge on any atom is 0.601 e. The van der Waals surface area contributed by atoms with E-state index in [2.05, 4.69) is 0 Å². The predicted molar refractivity (Wildman–Crippen MR) is 65.3 cm³/mol. The molecule has 19 heavy (non-hydrogen) atoms. The van der Waals surface area contributed by atoms with E-state index >= 15 is 0 Å². The first-order chi connectivity index (χ1) is 8.88. The van der Waals surface area contributed by atoms with E-state index in [0.717, 1.165) is 24.3 Å².